The van der Waals surface area contributed by atoms with E-state index in [1.54, 1.807) is 0 Å². The highest BCUT2D eigenvalue weighted by Gasteiger charge is 2.24. The number of carbonyl (C=O) groups is 2. The first-order valence-corrected chi connectivity index (χ1v) is 7.08. The van der Waals surface area contributed by atoms with Crippen LogP contribution in [0.4, 0.5) is 0 Å². The van der Waals surface area contributed by atoms with Crippen LogP contribution in [0.2, 0.25) is 0 Å². The van der Waals surface area contributed by atoms with Crippen LogP contribution in [0.25, 0.3) is 0 Å². The van der Waals surface area contributed by atoms with Crippen LogP contribution < -0.4 is 5.32 Å². The van der Waals surface area contributed by atoms with Gasteiger partial charge in [-0.15, -0.1) is 0 Å². The number of carbonyl (C=O) groups excluding carboxylic acids is 2. The molecule has 1 aliphatic carbocycles. The third-order valence-corrected chi connectivity index (χ3v) is 3.64. The molecule has 1 fully saturated rings. The summed E-state index contributed by atoms with van der Waals surface area (Å²) in [5.74, 6) is -0.456. The molecule has 2 rings (SSSR count). The van der Waals surface area contributed by atoms with Crippen molar-refractivity contribution in [2.24, 2.45) is 5.92 Å². The molecule has 112 valence electrons. The lowest BCUT2D eigenvalue weighted by Gasteiger charge is -2.29. The monoisotopic (exact) mass is 283 g/mol. The second-order valence-electron chi connectivity index (χ2n) is 5.21. The van der Waals surface area contributed by atoms with Gasteiger partial charge in [-0.05, 0) is 18.8 Å². The molecule has 0 spiro atoms. The molecule has 1 aliphatic heterocycles. The molecule has 20 heavy (non-hydrogen) atoms. The molecule has 1 N–H and O–H groups in total. The standard InChI is InChI=1S/C14H21NO5/c1-10-4-2-3-5-11(10)15-13(16)9-20-14(17)12-8-18-6-7-19-12/h8,10-11H,2-7,9H2,1H3,(H,15,16)/t10-,11+/m1/s1. The maximum atomic E-state index is 11.8. The molecule has 2 aliphatic rings. The van der Waals surface area contributed by atoms with E-state index in [1.165, 1.54) is 12.7 Å². The molecule has 0 radical (unpaired) electrons. The van der Waals surface area contributed by atoms with Crippen molar-refractivity contribution >= 4 is 11.9 Å². The zero-order chi connectivity index (χ0) is 14.4. The predicted molar refractivity (Wildman–Crippen MR) is 70.5 cm³/mol. The van der Waals surface area contributed by atoms with Gasteiger partial charge in [-0.3, -0.25) is 4.79 Å². The quantitative estimate of drug-likeness (QED) is 0.782. The van der Waals surface area contributed by atoms with E-state index in [9.17, 15) is 9.59 Å². The van der Waals surface area contributed by atoms with E-state index in [0.717, 1.165) is 19.3 Å². The van der Waals surface area contributed by atoms with Crippen molar-refractivity contribution in [3.8, 4) is 0 Å². The lowest BCUT2D eigenvalue weighted by Crippen LogP contribution is -2.43. The number of hydrogen-bond acceptors (Lipinski definition) is 5. The first-order valence-electron chi connectivity index (χ1n) is 7.08. The fourth-order valence-corrected chi connectivity index (χ4v) is 2.46. The Labute approximate surface area is 118 Å². The van der Waals surface area contributed by atoms with E-state index in [4.69, 9.17) is 14.2 Å². The van der Waals surface area contributed by atoms with Gasteiger partial charge in [0.15, 0.2) is 6.61 Å². The van der Waals surface area contributed by atoms with Crippen molar-refractivity contribution in [3.05, 3.63) is 12.0 Å². The van der Waals surface area contributed by atoms with E-state index in [2.05, 4.69) is 12.2 Å². The molecule has 0 aromatic carbocycles. The number of hydrogen-bond donors (Lipinski definition) is 1. The fraction of sp³-hybridized carbons (Fsp3) is 0.714. The molecule has 0 aromatic rings. The average molecular weight is 283 g/mol. The summed E-state index contributed by atoms with van der Waals surface area (Å²) in [5.41, 5.74) is 0. The van der Waals surface area contributed by atoms with Crippen molar-refractivity contribution in [1.82, 2.24) is 5.32 Å². The first-order chi connectivity index (χ1) is 9.66. The molecule has 0 saturated heterocycles. The molecule has 0 aromatic heterocycles. The summed E-state index contributed by atoms with van der Waals surface area (Å²) < 4.78 is 14.9. The van der Waals surface area contributed by atoms with Gasteiger partial charge in [0.05, 0.1) is 0 Å². The Bertz CT molecular complexity index is 393. The van der Waals surface area contributed by atoms with Gasteiger partial charge in [-0.2, -0.15) is 0 Å². The fourth-order valence-electron chi connectivity index (χ4n) is 2.46. The zero-order valence-corrected chi connectivity index (χ0v) is 11.7. The summed E-state index contributed by atoms with van der Waals surface area (Å²) in [5, 5.41) is 2.92. The average Bonchev–Trinajstić information content (AvgIpc) is 2.48. The van der Waals surface area contributed by atoms with Gasteiger partial charge in [-0.25, -0.2) is 4.79 Å². The predicted octanol–water partition coefficient (Wildman–Crippen LogP) is 1.11. The normalized spacial score (nSPS) is 25.8. The number of amides is 1. The number of ether oxygens (including phenoxy) is 3. The maximum absolute atomic E-state index is 11.8. The van der Waals surface area contributed by atoms with Crippen LogP contribution in [0.3, 0.4) is 0 Å². The number of rotatable bonds is 4. The van der Waals surface area contributed by atoms with Crippen molar-refractivity contribution < 1.29 is 23.8 Å². The van der Waals surface area contributed by atoms with Crippen molar-refractivity contribution in [3.63, 3.8) is 0 Å². The maximum Gasteiger partial charge on any atom is 0.377 e. The van der Waals surface area contributed by atoms with Crippen LogP contribution >= 0.6 is 0 Å². The van der Waals surface area contributed by atoms with E-state index >= 15 is 0 Å². The molecule has 0 unspecified atom stereocenters. The summed E-state index contributed by atoms with van der Waals surface area (Å²) >= 11 is 0. The van der Waals surface area contributed by atoms with Crippen LogP contribution in [0, 0.1) is 5.92 Å². The Morgan fingerprint density at radius 2 is 2.15 bits per heavy atom. The second kappa shape index (κ2) is 7.17. The van der Waals surface area contributed by atoms with Gasteiger partial charge in [-0.1, -0.05) is 19.8 Å². The van der Waals surface area contributed by atoms with E-state index in [0.29, 0.717) is 19.1 Å². The minimum atomic E-state index is -0.670. The third-order valence-electron chi connectivity index (χ3n) is 3.64. The first kappa shape index (κ1) is 14.7. The van der Waals surface area contributed by atoms with Crippen LogP contribution in [-0.4, -0.2) is 37.7 Å². The van der Waals surface area contributed by atoms with Gasteiger partial charge < -0.3 is 19.5 Å². The van der Waals surface area contributed by atoms with Gasteiger partial charge in [0, 0.05) is 6.04 Å². The summed E-state index contributed by atoms with van der Waals surface area (Å²) in [6.45, 7) is 2.57. The van der Waals surface area contributed by atoms with E-state index in [-0.39, 0.29) is 24.3 Å². The molecule has 6 nitrogen and oxygen atoms in total. The van der Waals surface area contributed by atoms with E-state index < -0.39 is 5.97 Å². The molecule has 1 amide bonds. The van der Waals surface area contributed by atoms with Crippen molar-refractivity contribution in [1.29, 1.82) is 0 Å². The zero-order valence-electron chi connectivity index (χ0n) is 11.7. The van der Waals surface area contributed by atoms with Crippen LogP contribution in [-0.2, 0) is 23.8 Å². The van der Waals surface area contributed by atoms with Crippen molar-refractivity contribution in [2.45, 2.75) is 38.6 Å². The number of nitrogens with one attached hydrogen (secondary N) is 1. The smallest absolute Gasteiger partial charge is 0.377 e. The molecule has 2 atom stereocenters. The third kappa shape index (κ3) is 4.15. The Hall–Kier alpha value is -1.72. The highest BCUT2D eigenvalue weighted by atomic mass is 16.6. The Morgan fingerprint density at radius 3 is 2.85 bits per heavy atom. The molecule has 0 bridgehead atoms. The minimum Gasteiger partial charge on any atom is -0.493 e. The SMILES string of the molecule is C[C@@H]1CCCC[C@@H]1NC(=O)COC(=O)C1=COCCO1. The highest BCUT2D eigenvalue weighted by Crippen LogP contribution is 2.23. The largest absolute Gasteiger partial charge is 0.493 e. The molecular weight excluding hydrogens is 262 g/mol. The highest BCUT2D eigenvalue weighted by molar-refractivity contribution is 5.88. The molecular formula is C14H21NO5. The van der Waals surface area contributed by atoms with E-state index in [1.807, 2.05) is 0 Å². The molecule has 1 saturated carbocycles. The van der Waals surface area contributed by atoms with Gasteiger partial charge in [0.2, 0.25) is 5.76 Å². The summed E-state index contributed by atoms with van der Waals surface area (Å²) in [4.78, 5) is 23.3. The second-order valence-corrected chi connectivity index (χ2v) is 5.21. The summed E-state index contributed by atoms with van der Waals surface area (Å²) in [7, 11) is 0. The van der Waals surface area contributed by atoms with Gasteiger partial charge in [0.1, 0.15) is 19.5 Å². The lowest BCUT2D eigenvalue weighted by atomic mass is 9.86. The van der Waals surface area contributed by atoms with Gasteiger partial charge in [0.25, 0.3) is 5.91 Å². The Balaban J connectivity index is 1.71. The minimum absolute atomic E-state index is 0.00934. The number of esters is 1. The molecule has 6 heteroatoms. The van der Waals surface area contributed by atoms with Crippen molar-refractivity contribution in [2.75, 3.05) is 19.8 Å². The lowest BCUT2D eigenvalue weighted by molar-refractivity contribution is -0.149. The topological polar surface area (TPSA) is 73.9 Å². The summed E-state index contributed by atoms with van der Waals surface area (Å²) in [6.07, 6.45) is 5.68. The summed E-state index contributed by atoms with van der Waals surface area (Å²) in [6, 6.07) is 0.184. The van der Waals surface area contributed by atoms with Gasteiger partial charge >= 0.3 is 5.97 Å². The van der Waals surface area contributed by atoms with Crippen LogP contribution in [0.1, 0.15) is 32.6 Å². The van der Waals surface area contributed by atoms with Crippen LogP contribution in [0.15, 0.2) is 12.0 Å². The van der Waals surface area contributed by atoms with Crippen LogP contribution in [0.5, 0.6) is 0 Å². The molecule has 1 heterocycles. The Morgan fingerprint density at radius 1 is 1.35 bits per heavy atom. The Kier molecular flexibility index (Phi) is 5.26.